The Bertz CT molecular complexity index is 811. The maximum Gasteiger partial charge on any atom is 0.233 e. The molecule has 2 aromatic rings. The van der Waals surface area contributed by atoms with E-state index in [0.717, 1.165) is 12.1 Å². The Labute approximate surface area is 135 Å². The predicted octanol–water partition coefficient (Wildman–Crippen LogP) is 2.66. The summed E-state index contributed by atoms with van der Waals surface area (Å²) in [6, 6.07) is 7.75. The number of amides is 2. The first-order valence-corrected chi connectivity index (χ1v) is 6.95. The predicted molar refractivity (Wildman–Crippen MR) is 80.8 cm³/mol. The molecular formula is C16H12F2N2O4. The molecule has 0 spiro atoms. The number of rotatable bonds is 4. The summed E-state index contributed by atoms with van der Waals surface area (Å²) in [5, 5.41) is 4.86. The number of carbonyl (C=O) groups is 2. The highest BCUT2D eigenvalue weighted by atomic mass is 19.2. The third-order valence-corrected chi connectivity index (χ3v) is 3.18. The highest BCUT2D eigenvalue weighted by Crippen LogP contribution is 2.34. The van der Waals surface area contributed by atoms with Gasteiger partial charge in [0.05, 0.1) is 0 Å². The third kappa shape index (κ3) is 3.60. The van der Waals surface area contributed by atoms with Crippen LogP contribution in [0.1, 0.15) is 6.42 Å². The monoisotopic (exact) mass is 334 g/mol. The lowest BCUT2D eigenvalue weighted by atomic mass is 10.2. The first-order chi connectivity index (χ1) is 11.5. The number of halogens is 2. The molecule has 1 aliphatic heterocycles. The zero-order valence-electron chi connectivity index (χ0n) is 12.3. The summed E-state index contributed by atoms with van der Waals surface area (Å²) in [4.78, 5) is 23.6. The van der Waals surface area contributed by atoms with E-state index in [1.54, 1.807) is 18.2 Å². The highest BCUT2D eigenvalue weighted by Gasteiger charge is 2.15. The fraction of sp³-hybridized carbons (Fsp3) is 0.125. The maximum atomic E-state index is 13.1. The number of benzene rings is 2. The number of ether oxygens (including phenoxy) is 2. The molecule has 0 saturated heterocycles. The molecule has 1 aliphatic rings. The van der Waals surface area contributed by atoms with Crippen LogP contribution < -0.4 is 20.1 Å². The molecule has 2 N–H and O–H groups in total. The molecule has 124 valence electrons. The van der Waals surface area contributed by atoms with Crippen LogP contribution in [0.4, 0.5) is 20.2 Å². The molecule has 1 heterocycles. The molecule has 0 unspecified atom stereocenters. The van der Waals surface area contributed by atoms with Crippen LogP contribution in [-0.4, -0.2) is 18.6 Å². The van der Waals surface area contributed by atoms with Crippen molar-refractivity contribution in [2.24, 2.45) is 0 Å². The summed E-state index contributed by atoms with van der Waals surface area (Å²) < 4.78 is 36.2. The average molecular weight is 334 g/mol. The SMILES string of the molecule is O=C(CC(=O)Nc1ccc2c(c1)OCO2)Nc1ccc(F)c(F)c1. The van der Waals surface area contributed by atoms with Gasteiger partial charge in [-0.1, -0.05) is 0 Å². The van der Waals surface area contributed by atoms with Crippen molar-refractivity contribution in [1.29, 1.82) is 0 Å². The van der Waals surface area contributed by atoms with E-state index in [9.17, 15) is 18.4 Å². The van der Waals surface area contributed by atoms with Gasteiger partial charge in [-0.3, -0.25) is 9.59 Å². The van der Waals surface area contributed by atoms with Gasteiger partial charge in [-0.25, -0.2) is 8.78 Å². The summed E-state index contributed by atoms with van der Waals surface area (Å²) in [7, 11) is 0. The van der Waals surface area contributed by atoms with E-state index in [-0.39, 0.29) is 12.5 Å². The average Bonchev–Trinajstić information content (AvgIpc) is 2.98. The van der Waals surface area contributed by atoms with Crippen LogP contribution in [-0.2, 0) is 9.59 Å². The van der Waals surface area contributed by atoms with Gasteiger partial charge in [0.2, 0.25) is 18.6 Å². The molecule has 8 heteroatoms. The lowest BCUT2D eigenvalue weighted by Gasteiger charge is -2.07. The summed E-state index contributed by atoms with van der Waals surface area (Å²) in [6.45, 7) is 0.114. The van der Waals surface area contributed by atoms with Crippen molar-refractivity contribution >= 4 is 23.2 Å². The van der Waals surface area contributed by atoms with Crippen LogP contribution in [0.3, 0.4) is 0 Å². The third-order valence-electron chi connectivity index (χ3n) is 3.18. The Balaban J connectivity index is 1.56. The smallest absolute Gasteiger partial charge is 0.233 e. The minimum Gasteiger partial charge on any atom is -0.454 e. The molecule has 0 bridgehead atoms. The fourth-order valence-electron chi connectivity index (χ4n) is 2.10. The van der Waals surface area contributed by atoms with E-state index >= 15 is 0 Å². The van der Waals surface area contributed by atoms with E-state index in [1.165, 1.54) is 6.07 Å². The van der Waals surface area contributed by atoms with Crippen molar-refractivity contribution in [3.8, 4) is 11.5 Å². The Morgan fingerprint density at radius 2 is 1.50 bits per heavy atom. The second kappa shape index (κ2) is 6.53. The van der Waals surface area contributed by atoms with Gasteiger partial charge in [-0.15, -0.1) is 0 Å². The van der Waals surface area contributed by atoms with Crippen molar-refractivity contribution in [3.05, 3.63) is 48.0 Å². The van der Waals surface area contributed by atoms with Crippen LogP contribution in [0.5, 0.6) is 11.5 Å². The van der Waals surface area contributed by atoms with Crippen molar-refractivity contribution in [3.63, 3.8) is 0 Å². The number of hydrogen-bond acceptors (Lipinski definition) is 4. The van der Waals surface area contributed by atoms with Gasteiger partial charge in [0, 0.05) is 23.5 Å². The molecule has 3 rings (SSSR count). The standard InChI is InChI=1S/C16H12F2N2O4/c17-11-3-1-9(5-12(11)18)19-15(21)7-16(22)20-10-2-4-13-14(6-10)24-8-23-13/h1-6H,7-8H2,(H,19,21)(H,20,22). The highest BCUT2D eigenvalue weighted by molar-refractivity contribution is 6.08. The normalized spacial score (nSPS) is 11.9. The van der Waals surface area contributed by atoms with E-state index < -0.39 is 29.9 Å². The van der Waals surface area contributed by atoms with Crippen molar-refractivity contribution in [2.45, 2.75) is 6.42 Å². The van der Waals surface area contributed by atoms with E-state index in [2.05, 4.69) is 10.6 Å². The van der Waals surface area contributed by atoms with Crippen LogP contribution in [0.15, 0.2) is 36.4 Å². The van der Waals surface area contributed by atoms with Gasteiger partial charge in [-0.2, -0.15) is 0 Å². The Morgan fingerprint density at radius 3 is 2.21 bits per heavy atom. The molecule has 0 saturated carbocycles. The molecule has 0 radical (unpaired) electrons. The Hall–Kier alpha value is -3.16. The number of fused-ring (bicyclic) bond motifs is 1. The van der Waals surface area contributed by atoms with Gasteiger partial charge in [0.1, 0.15) is 6.42 Å². The topological polar surface area (TPSA) is 76.7 Å². The molecule has 0 atom stereocenters. The number of carbonyl (C=O) groups excluding carboxylic acids is 2. The van der Waals surface area contributed by atoms with Crippen molar-refractivity contribution in [1.82, 2.24) is 0 Å². The Kier molecular flexibility index (Phi) is 4.28. The quantitative estimate of drug-likeness (QED) is 0.843. The molecule has 2 aromatic carbocycles. The van der Waals surface area contributed by atoms with E-state index in [0.29, 0.717) is 17.2 Å². The van der Waals surface area contributed by atoms with Crippen molar-refractivity contribution < 1.29 is 27.8 Å². The maximum absolute atomic E-state index is 13.1. The molecule has 0 fully saturated rings. The summed E-state index contributed by atoms with van der Waals surface area (Å²) in [6.07, 6.45) is -0.479. The van der Waals surface area contributed by atoms with Crippen LogP contribution >= 0.6 is 0 Å². The van der Waals surface area contributed by atoms with Crippen LogP contribution in [0.25, 0.3) is 0 Å². The molecule has 0 aromatic heterocycles. The summed E-state index contributed by atoms with van der Waals surface area (Å²) in [5.74, 6) is -2.25. The molecule has 6 nitrogen and oxygen atoms in total. The van der Waals surface area contributed by atoms with Gasteiger partial charge in [-0.05, 0) is 24.3 Å². The van der Waals surface area contributed by atoms with Gasteiger partial charge >= 0.3 is 0 Å². The summed E-state index contributed by atoms with van der Waals surface area (Å²) >= 11 is 0. The van der Waals surface area contributed by atoms with Crippen LogP contribution in [0, 0.1) is 11.6 Å². The van der Waals surface area contributed by atoms with Crippen molar-refractivity contribution in [2.75, 3.05) is 17.4 Å². The van der Waals surface area contributed by atoms with Gasteiger partial charge in [0.25, 0.3) is 0 Å². The molecule has 0 aliphatic carbocycles. The number of anilines is 2. The number of hydrogen-bond donors (Lipinski definition) is 2. The van der Waals surface area contributed by atoms with Crippen LogP contribution in [0.2, 0.25) is 0 Å². The van der Waals surface area contributed by atoms with E-state index in [1.807, 2.05) is 0 Å². The zero-order chi connectivity index (χ0) is 17.1. The molecule has 24 heavy (non-hydrogen) atoms. The second-order valence-electron chi connectivity index (χ2n) is 4.97. The lowest BCUT2D eigenvalue weighted by molar-refractivity contribution is -0.123. The van der Waals surface area contributed by atoms with Gasteiger partial charge < -0.3 is 20.1 Å². The first-order valence-electron chi connectivity index (χ1n) is 6.95. The summed E-state index contributed by atoms with van der Waals surface area (Å²) in [5.41, 5.74) is 0.514. The van der Waals surface area contributed by atoms with Gasteiger partial charge in [0.15, 0.2) is 23.1 Å². The lowest BCUT2D eigenvalue weighted by Crippen LogP contribution is -2.21. The number of nitrogens with one attached hydrogen (secondary N) is 2. The zero-order valence-corrected chi connectivity index (χ0v) is 12.3. The first kappa shape index (κ1) is 15.7. The largest absolute Gasteiger partial charge is 0.454 e. The molecular weight excluding hydrogens is 322 g/mol. The second-order valence-corrected chi connectivity index (χ2v) is 4.97. The minimum absolute atomic E-state index is 0.0646. The fourth-order valence-corrected chi connectivity index (χ4v) is 2.10. The van der Waals surface area contributed by atoms with E-state index in [4.69, 9.17) is 9.47 Å². The Morgan fingerprint density at radius 1 is 0.875 bits per heavy atom. The molecule has 2 amide bonds. The minimum atomic E-state index is -1.09.